The lowest BCUT2D eigenvalue weighted by Gasteiger charge is -2.40. The summed E-state index contributed by atoms with van der Waals surface area (Å²) in [5, 5.41) is 2.78. The Balaban J connectivity index is 4.39. The average molecular weight is 273 g/mol. The van der Waals surface area contributed by atoms with Crippen LogP contribution in [0.5, 0.6) is 0 Å². The van der Waals surface area contributed by atoms with Gasteiger partial charge in [-0.1, -0.05) is 6.92 Å². The zero-order valence-corrected chi connectivity index (χ0v) is 13.5. The molecule has 1 amide bonds. The van der Waals surface area contributed by atoms with Crippen molar-refractivity contribution in [1.29, 1.82) is 0 Å². The molecule has 0 saturated heterocycles. The van der Waals surface area contributed by atoms with Gasteiger partial charge in [-0.05, 0) is 48.1 Å². The van der Waals surface area contributed by atoms with Crippen molar-refractivity contribution in [2.24, 2.45) is 5.73 Å². The second-order valence-electron chi connectivity index (χ2n) is 6.55. The number of ether oxygens (including phenoxy) is 1. The van der Waals surface area contributed by atoms with Gasteiger partial charge in [-0.2, -0.15) is 0 Å². The second kappa shape index (κ2) is 7.10. The van der Waals surface area contributed by atoms with Crippen molar-refractivity contribution in [1.82, 2.24) is 10.2 Å². The third-order valence-electron chi connectivity index (χ3n) is 3.52. The van der Waals surface area contributed by atoms with E-state index in [0.29, 0.717) is 13.1 Å². The van der Waals surface area contributed by atoms with Gasteiger partial charge >= 0.3 is 6.09 Å². The fourth-order valence-corrected chi connectivity index (χ4v) is 1.64. The maximum absolute atomic E-state index is 11.6. The van der Waals surface area contributed by atoms with E-state index in [1.807, 2.05) is 27.8 Å². The number of amides is 1. The summed E-state index contributed by atoms with van der Waals surface area (Å²) < 4.78 is 5.21. The molecular weight excluding hydrogens is 242 g/mol. The van der Waals surface area contributed by atoms with Crippen molar-refractivity contribution >= 4 is 6.09 Å². The Morgan fingerprint density at radius 1 is 1.32 bits per heavy atom. The maximum atomic E-state index is 11.6. The van der Waals surface area contributed by atoms with Gasteiger partial charge in [0.1, 0.15) is 5.60 Å². The van der Waals surface area contributed by atoms with Gasteiger partial charge in [-0.15, -0.1) is 0 Å². The Labute approximate surface area is 117 Å². The predicted molar refractivity (Wildman–Crippen MR) is 79.2 cm³/mol. The molecule has 0 fully saturated rings. The quantitative estimate of drug-likeness (QED) is 0.776. The van der Waals surface area contributed by atoms with Crippen molar-refractivity contribution < 1.29 is 9.53 Å². The zero-order chi connectivity index (χ0) is 15.3. The third kappa shape index (κ3) is 6.78. The largest absolute Gasteiger partial charge is 0.444 e. The number of carbonyl (C=O) groups is 1. The Kier molecular flexibility index (Phi) is 6.80. The summed E-state index contributed by atoms with van der Waals surface area (Å²) in [5.41, 5.74) is 5.38. The number of alkyl carbamates (subject to hydrolysis) is 1. The Morgan fingerprint density at radius 3 is 2.21 bits per heavy atom. The number of carbonyl (C=O) groups excluding carboxylic acids is 1. The number of hydrogen-bond acceptors (Lipinski definition) is 4. The molecular formula is C14H31N3O2. The minimum Gasteiger partial charge on any atom is -0.444 e. The van der Waals surface area contributed by atoms with E-state index in [1.54, 1.807) is 0 Å². The highest BCUT2D eigenvalue weighted by Crippen LogP contribution is 2.18. The first-order chi connectivity index (χ1) is 8.53. The highest BCUT2D eigenvalue weighted by Gasteiger charge is 2.27. The summed E-state index contributed by atoms with van der Waals surface area (Å²) in [4.78, 5) is 13.8. The van der Waals surface area contributed by atoms with Crippen LogP contribution in [0.15, 0.2) is 0 Å². The normalized spacial score (nSPS) is 14.4. The Bertz CT molecular complexity index is 285. The molecule has 0 heterocycles. The first kappa shape index (κ1) is 18.2. The minimum atomic E-state index is -0.475. The average Bonchev–Trinajstić information content (AvgIpc) is 2.27. The van der Waals surface area contributed by atoms with Crippen molar-refractivity contribution in [2.75, 3.05) is 20.1 Å². The van der Waals surface area contributed by atoms with Crippen LogP contribution in [0.25, 0.3) is 0 Å². The fraction of sp³-hybridized carbons (Fsp3) is 0.929. The summed E-state index contributed by atoms with van der Waals surface area (Å²) in [5.74, 6) is 0. The molecule has 0 aliphatic carbocycles. The van der Waals surface area contributed by atoms with Gasteiger partial charge in [0.05, 0.1) is 0 Å². The zero-order valence-electron chi connectivity index (χ0n) is 13.5. The second-order valence-corrected chi connectivity index (χ2v) is 6.55. The van der Waals surface area contributed by atoms with Crippen LogP contribution in [0.3, 0.4) is 0 Å². The minimum absolute atomic E-state index is 0.0552. The van der Waals surface area contributed by atoms with Crippen molar-refractivity contribution in [3.05, 3.63) is 0 Å². The number of nitrogens with two attached hydrogens (primary N) is 1. The summed E-state index contributed by atoms with van der Waals surface area (Å²) in [6.45, 7) is 13.0. The maximum Gasteiger partial charge on any atom is 0.407 e. The van der Waals surface area contributed by atoms with E-state index < -0.39 is 11.7 Å². The monoisotopic (exact) mass is 273 g/mol. The number of hydrogen-bond donors (Lipinski definition) is 2. The molecule has 0 aliphatic heterocycles. The molecule has 0 aromatic heterocycles. The van der Waals surface area contributed by atoms with Crippen LogP contribution in [0, 0.1) is 0 Å². The van der Waals surface area contributed by atoms with Crippen LogP contribution in [-0.2, 0) is 4.74 Å². The Morgan fingerprint density at radius 2 is 1.84 bits per heavy atom. The van der Waals surface area contributed by atoms with Gasteiger partial charge in [-0.25, -0.2) is 4.79 Å². The fourth-order valence-electron chi connectivity index (χ4n) is 1.64. The first-order valence-electron chi connectivity index (χ1n) is 6.93. The summed E-state index contributed by atoms with van der Waals surface area (Å²) >= 11 is 0. The van der Waals surface area contributed by atoms with Crippen molar-refractivity contribution in [2.45, 2.75) is 65.1 Å². The molecule has 114 valence electrons. The topological polar surface area (TPSA) is 67.6 Å². The predicted octanol–water partition coefficient (Wildman–Crippen LogP) is 1.96. The van der Waals surface area contributed by atoms with E-state index in [2.05, 4.69) is 31.0 Å². The lowest BCUT2D eigenvalue weighted by molar-refractivity contribution is 0.0478. The lowest BCUT2D eigenvalue weighted by atomic mass is 9.97. The van der Waals surface area contributed by atoms with E-state index in [0.717, 1.165) is 6.42 Å². The van der Waals surface area contributed by atoms with Gasteiger partial charge in [-0.3, -0.25) is 4.90 Å². The van der Waals surface area contributed by atoms with Crippen LogP contribution in [0.1, 0.15) is 48.0 Å². The summed E-state index contributed by atoms with van der Waals surface area (Å²) in [6.07, 6.45) is 0.626. The van der Waals surface area contributed by atoms with Crippen molar-refractivity contribution in [3.63, 3.8) is 0 Å². The third-order valence-corrected chi connectivity index (χ3v) is 3.52. The number of rotatable bonds is 6. The van der Waals surface area contributed by atoms with Gasteiger partial charge < -0.3 is 15.8 Å². The van der Waals surface area contributed by atoms with Gasteiger partial charge in [0.2, 0.25) is 0 Å². The Hall–Kier alpha value is -0.810. The molecule has 5 heteroatoms. The van der Waals surface area contributed by atoms with Crippen LogP contribution in [-0.4, -0.2) is 48.3 Å². The molecule has 0 bridgehead atoms. The van der Waals surface area contributed by atoms with E-state index in [-0.39, 0.29) is 11.6 Å². The standard InChI is InChI=1S/C14H31N3O2/c1-8-14(5,6)17(7)11(9-15)10-16-12(18)19-13(2,3)4/h11H,8-10,15H2,1-7H3,(H,16,18). The summed E-state index contributed by atoms with van der Waals surface area (Å²) in [7, 11) is 2.04. The lowest BCUT2D eigenvalue weighted by Crippen LogP contribution is -2.54. The molecule has 0 aromatic carbocycles. The highest BCUT2D eigenvalue weighted by atomic mass is 16.6. The summed E-state index contributed by atoms with van der Waals surface area (Å²) in [6, 6.07) is 0.0995. The van der Waals surface area contributed by atoms with Crippen LogP contribution in [0.2, 0.25) is 0 Å². The SMILES string of the molecule is CCC(C)(C)N(C)C(CN)CNC(=O)OC(C)(C)C. The van der Waals surface area contributed by atoms with E-state index in [1.165, 1.54) is 0 Å². The van der Waals surface area contributed by atoms with E-state index in [4.69, 9.17) is 10.5 Å². The molecule has 0 rings (SSSR count). The van der Waals surface area contributed by atoms with Crippen LogP contribution in [0.4, 0.5) is 4.79 Å². The van der Waals surface area contributed by atoms with Gasteiger partial charge in [0, 0.05) is 24.7 Å². The molecule has 0 radical (unpaired) electrons. The van der Waals surface area contributed by atoms with Gasteiger partial charge in [0.25, 0.3) is 0 Å². The first-order valence-corrected chi connectivity index (χ1v) is 6.93. The number of nitrogens with one attached hydrogen (secondary N) is 1. The van der Waals surface area contributed by atoms with E-state index >= 15 is 0 Å². The number of nitrogens with zero attached hydrogens (tertiary/aromatic N) is 1. The van der Waals surface area contributed by atoms with Crippen molar-refractivity contribution in [3.8, 4) is 0 Å². The molecule has 0 aliphatic rings. The van der Waals surface area contributed by atoms with E-state index in [9.17, 15) is 4.79 Å². The van der Waals surface area contributed by atoms with Crippen LogP contribution < -0.4 is 11.1 Å². The molecule has 1 atom stereocenters. The van der Waals surface area contributed by atoms with Crippen LogP contribution >= 0.6 is 0 Å². The molecule has 19 heavy (non-hydrogen) atoms. The molecule has 3 N–H and O–H groups in total. The van der Waals surface area contributed by atoms with Gasteiger partial charge in [0.15, 0.2) is 0 Å². The molecule has 5 nitrogen and oxygen atoms in total. The number of likely N-dealkylation sites (N-methyl/N-ethyl adjacent to an activating group) is 1. The highest BCUT2D eigenvalue weighted by molar-refractivity contribution is 5.67. The molecule has 1 unspecified atom stereocenters. The molecule has 0 spiro atoms. The molecule has 0 saturated carbocycles. The smallest absolute Gasteiger partial charge is 0.407 e. The molecule has 0 aromatic rings.